The third-order valence-electron chi connectivity index (χ3n) is 12.6. The van der Waals surface area contributed by atoms with Crippen molar-refractivity contribution < 1.29 is 60.4 Å². The SMILES string of the molecule is Cc1ncsc1-c1ccc([C@H](C)NC(=O)[C@@H]2C[C@@H](O)CN2C(=O)[C@@H](NC(=O)COCCCOCCCCCOc2c(F)cc(N3C(=S)N(c4ccc(C#N)c(C(F)(F)F)c4)C(=O)C3(C)C)cc2F)C(C)(C)C)cc1. The van der Waals surface area contributed by atoms with Gasteiger partial charge in [0, 0.05) is 44.9 Å². The van der Waals surface area contributed by atoms with E-state index < -0.39 is 87.5 Å². The highest BCUT2D eigenvalue weighted by Crippen LogP contribution is 2.41. The maximum atomic E-state index is 15.4. The summed E-state index contributed by atoms with van der Waals surface area (Å²) in [7, 11) is 0. The van der Waals surface area contributed by atoms with Crippen LogP contribution in [0.15, 0.2) is 60.1 Å². The summed E-state index contributed by atoms with van der Waals surface area (Å²) in [6.07, 6.45) is -3.69. The van der Waals surface area contributed by atoms with Crippen LogP contribution >= 0.6 is 23.6 Å². The third kappa shape index (κ3) is 13.4. The smallest absolute Gasteiger partial charge is 0.417 e. The summed E-state index contributed by atoms with van der Waals surface area (Å²) < 4.78 is 88.5. The van der Waals surface area contributed by atoms with E-state index >= 15 is 8.78 Å². The third-order valence-corrected chi connectivity index (χ3v) is 14.0. The Morgan fingerprint density at radius 1 is 0.946 bits per heavy atom. The number of aliphatic hydroxyl groups is 1. The molecule has 3 heterocycles. The number of nitrogens with one attached hydrogen (secondary N) is 2. The van der Waals surface area contributed by atoms with Gasteiger partial charge in [0.15, 0.2) is 22.5 Å². The summed E-state index contributed by atoms with van der Waals surface area (Å²) in [5.74, 6) is -5.01. The molecule has 0 spiro atoms. The van der Waals surface area contributed by atoms with Gasteiger partial charge in [-0.15, -0.1) is 11.3 Å². The predicted molar refractivity (Wildman–Crippen MR) is 271 cm³/mol. The topological polar surface area (TPSA) is 187 Å². The van der Waals surface area contributed by atoms with E-state index in [9.17, 15) is 42.7 Å². The summed E-state index contributed by atoms with van der Waals surface area (Å²) in [6.45, 7) is 12.4. The first-order chi connectivity index (χ1) is 34.8. The van der Waals surface area contributed by atoms with Crippen LogP contribution in [-0.4, -0.2) is 107 Å². The normalized spacial score (nSPS) is 17.6. The van der Waals surface area contributed by atoms with E-state index in [0.717, 1.165) is 55.8 Å². The Labute approximate surface area is 436 Å². The van der Waals surface area contributed by atoms with Crippen LogP contribution in [0.2, 0.25) is 0 Å². The van der Waals surface area contributed by atoms with Crippen LogP contribution in [0, 0.1) is 35.3 Å². The van der Waals surface area contributed by atoms with Crippen molar-refractivity contribution in [3.8, 4) is 22.3 Å². The largest absolute Gasteiger partial charge is 0.488 e. The maximum absolute atomic E-state index is 15.4. The predicted octanol–water partition coefficient (Wildman–Crippen LogP) is 8.55. The van der Waals surface area contributed by atoms with E-state index in [1.54, 1.807) is 37.6 Å². The zero-order valence-corrected chi connectivity index (χ0v) is 43.7. The van der Waals surface area contributed by atoms with Gasteiger partial charge in [0.05, 0.1) is 63.4 Å². The van der Waals surface area contributed by atoms with Crippen LogP contribution < -0.4 is 25.2 Å². The number of rotatable bonds is 21. The number of aromatic nitrogens is 1. The van der Waals surface area contributed by atoms with Gasteiger partial charge in [-0.05, 0) is 100 Å². The summed E-state index contributed by atoms with van der Waals surface area (Å²) in [4.78, 5) is 62.9. The van der Waals surface area contributed by atoms with Gasteiger partial charge in [-0.25, -0.2) is 13.8 Å². The highest BCUT2D eigenvalue weighted by atomic mass is 32.1. The van der Waals surface area contributed by atoms with Crippen LogP contribution in [0.5, 0.6) is 5.75 Å². The minimum atomic E-state index is -4.90. The van der Waals surface area contributed by atoms with Gasteiger partial charge < -0.3 is 39.8 Å². The molecule has 0 aliphatic carbocycles. The molecule has 4 amide bonds. The van der Waals surface area contributed by atoms with Crippen molar-refractivity contribution in [3.63, 3.8) is 0 Å². The molecule has 2 aliphatic rings. The lowest BCUT2D eigenvalue weighted by atomic mass is 9.85. The Morgan fingerprint density at radius 3 is 2.22 bits per heavy atom. The minimum absolute atomic E-state index is 0.0368. The quantitative estimate of drug-likeness (QED) is 0.0411. The summed E-state index contributed by atoms with van der Waals surface area (Å²) in [6, 6.07) is 11.5. The van der Waals surface area contributed by atoms with Crippen molar-refractivity contribution in [3.05, 3.63) is 94.1 Å². The summed E-state index contributed by atoms with van der Waals surface area (Å²) in [5.41, 5.74) is -0.0646. The minimum Gasteiger partial charge on any atom is -0.488 e. The number of carbonyl (C=O) groups is 4. The number of amides is 4. The number of aliphatic hydroxyl groups excluding tert-OH is 1. The number of thiazole rings is 1. The van der Waals surface area contributed by atoms with Crippen molar-refractivity contribution in [1.29, 1.82) is 5.26 Å². The van der Waals surface area contributed by atoms with Crippen molar-refractivity contribution in [2.75, 3.05) is 49.4 Å². The zero-order valence-electron chi connectivity index (χ0n) is 42.1. The Balaban J connectivity index is 0.883. The van der Waals surface area contributed by atoms with Crippen molar-refractivity contribution in [2.45, 2.75) is 117 Å². The number of alkyl halides is 3. The van der Waals surface area contributed by atoms with Crippen LogP contribution in [0.1, 0.15) is 102 Å². The first-order valence-electron chi connectivity index (χ1n) is 24.0. The van der Waals surface area contributed by atoms with Gasteiger partial charge >= 0.3 is 6.18 Å². The maximum Gasteiger partial charge on any atom is 0.417 e. The molecule has 0 bridgehead atoms. The molecule has 3 aromatic carbocycles. The van der Waals surface area contributed by atoms with Crippen LogP contribution in [-0.2, 0) is 34.8 Å². The zero-order chi connectivity index (χ0) is 54.3. The highest BCUT2D eigenvalue weighted by Gasteiger charge is 2.51. The second-order valence-electron chi connectivity index (χ2n) is 19.7. The Kier molecular flexibility index (Phi) is 18.6. The second kappa shape index (κ2) is 24.0. The molecule has 0 radical (unpaired) electrons. The lowest BCUT2D eigenvalue weighted by molar-refractivity contribution is -0.144. The number of anilines is 2. The second-order valence-corrected chi connectivity index (χ2v) is 20.9. The van der Waals surface area contributed by atoms with Crippen molar-refractivity contribution in [1.82, 2.24) is 20.5 Å². The number of thiocarbonyl (C=S) groups is 1. The molecule has 4 aromatic rings. The van der Waals surface area contributed by atoms with E-state index in [1.165, 1.54) is 24.8 Å². The van der Waals surface area contributed by atoms with E-state index in [4.69, 9.17) is 26.4 Å². The van der Waals surface area contributed by atoms with E-state index in [2.05, 4.69) is 15.6 Å². The number of halogens is 5. The number of aryl methyl sites for hydroxylation is 1. The summed E-state index contributed by atoms with van der Waals surface area (Å²) in [5, 5.41) is 25.2. The number of hydrogen-bond acceptors (Lipinski definition) is 12. The molecule has 1 aromatic heterocycles. The molecular formula is C52H60F5N7O8S2. The molecule has 6 rings (SSSR count). The number of benzene rings is 3. The van der Waals surface area contributed by atoms with Gasteiger partial charge in [-0.1, -0.05) is 45.0 Å². The molecule has 2 fully saturated rings. The molecule has 3 N–H and O–H groups in total. The van der Waals surface area contributed by atoms with Gasteiger partial charge in [0.25, 0.3) is 5.91 Å². The van der Waals surface area contributed by atoms with Crippen molar-refractivity contribution >= 4 is 63.7 Å². The van der Waals surface area contributed by atoms with Gasteiger partial charge in [0.2, 0.25) is 17.7 Å². The van der Waals surface area contributed by atoms with Crippen LogP contribution in [0.3, 0.4) is 0 Å². The fraction of sp³-hybridized carbons (Fsp3) is 0.481. The first-order valence-corrected chi connectivity index (χ1v) is 25.3. The molecule has 15 nitrogen and oxygen atoms in total. The van der Waals surface area contributed by atoms with E-state index in [0.29, 0.717) is 45.0 Å². The molecule has 22 heteroatoms. The number of carbonyl (C=O) groups excluding carboxylic acids is 4. The highest BCUT2D eigenvalue weighted by molar-refractivity contribution is 7.81. The fourth-order valence-corrected chi connectivity index (χ4v) is 10.0. The van der Waals surface area contributed by atoms with E-state index in [1.807, 2.05) is 38.1 Å². The number of unbranched alkanes of at least 4 members (excludes halogenated alkanes) is 2. The monoisotopic (exact) mass is 1070 g/mol. The van der Waals surface area contributed by atoms with E-state index in [-0.39, 0.29) is 55.3 Å². The van der Waals surface area contributed by atoms with Crippen LogP contribution in [0.4, 0.5) is 33.3 Å². The summed E-state index contributed by atoms with van der Waals surface area (Å²) >= 11 is 7.02. The average Bonchev–Trinajstić information content (AvgIpc) is 4.00. The number of ether oxygens (including phenoxy) is 3. The number of nitriles is 1. The molecule has 74 heavy (non-hydrogen) atoms. The first kappa shape index (κ1) is 57.2. The van der Waals surface area contributed by atoms with Crippen LogP contribution in [0.25, 0.3) is 10.4 Å². The number of hydrogen-bond donors (Lipinski definition) is 3. The fourth-order valence-electron chi connectivity index (χ4n) is 8.68. The molecule has 2 saturated heterocycles. The van der Waals surface area contributed by atoms with Gasteiger partial charge in [-0.3, -0.25) is 24.1 Å². The standard InChI is InChI=1S/C52H60F5N7O8S2/c1-30(32-12-14-33(15-13-32)44-31(2)59-29-74-44)60-46(67)41-25-37(65)27-62(41)47(68)45(50(3,4)5)61-42(66)28-71-20-11-19-70-18-9-8-10-21-72-43-39(53)23-36(24-40(43)54)64-49(73)63(48(69)51(64,6)7)35-17-16-34(26-58)38(22-35)52(55,56)57/h12-17,22-24,29-30,37,41,45,65H,8-11,18-21,25,27-28H2,1-7H3,(H,60,67)(H,61,66)/t30-,37+,41-,45+/m0/s1. The molecular weight excluding hydrogens is 1010 g/mol. The lowest BCUT2D eigenvalue weighted by Crippen LogP contribution is -2.58. The Morgan fingerprint density at radius 2 is 1.59 bits per heavy atom. The van der Waals surface area contributed by atoms with Gasteiger partial charge in [0.1, 0.15) is 24.2 Å². The molecule has 398 valence electrons. The lowest BCUT2D eigenvalue weighted by Gasteiger charge is -2.35. The number of likely N-dealkylation sites (tertiary alicyclic amines) is 1. The number of β-amino-alcohol motifs (C(OH)–C–C–N with tert-alkyl or cyclic N) is 1. The molecule has 0 saturated carbocycles. The Bertz CT molecular complexity index is 2720. The molecule has 0 unspecified atom stereocenters. The Hall–Kier alpha value is -6.12. The van der Waals surface area contributed by atoms with Gasteiger partial charge in [-0.2, -0.15) is 18.4 Å². The molecule has 4 atom stereocenters. The van der Waals surface area contributed by atoms with Crippen molar-refractivity contribution in [2.24, 2.45) is 5.41 Å². The molecule has 2 aliphatic heterocycles. The average molecular weight is 1070 g/mol. The number of nitrogens with zero attached hydrogens (tertiary/aromatic N) is 5.